The molecular formula is C6H3Cl4OSi. The van der Waals surface area contributed by atoms with Crippen molar-refractivity contribution >= 4 is 61.4 Å². The highest BCUT2D eigenvalue weighted by Gasteiger charge is 2.12. The summed E-state index contributed by atoms with van der Waals surface area (Å²) in [5, 5.41) is 1.40. The molecule has 0 unspecified atom stereocenters. The molecule has 0 aliphatic carbocycles. The molecule has 1 aromatic rings. The molecule has 0 fully saturated rings. The highest BCUT2D eigenvalue weighted by molar-refractivity contribution is 6.59. The van der Waals surface area contributed by atoms with Crippen molar-refractivity contribution in [3.63, 3.8) is 0 Å². The van der Waals surface area contributed by atoms with Gasteiger partial charge in [0.05, 0.1) is 20.1 Å². The average Bonchev–Trinajstić information content (AvgIpc) is 2.08. The molecule has 0 aliphatic heterocycles. The first kappa shape index (κ1) is 10.6. The molecule has 1 rings (SSSR count). The van der Waals surface area contributed by atoms with Crippen molar-refractivity contribution in [3.8, 4) is 0 Å². The van der Waals surface area contributed by atoms with Crippen LogP contribution in [0.4, 0.5) is 0 Å². The van der Waals surface area contributed by atoms with Crippen LogP contribution in [0.2, 0.25) is 20.1 Å². The summed E-state index contributed by atoms with van der Waals surface area (Å²) in [4.78, 5) is 10.7. The minimum absolute atomic E-state index is 0.171. The smallest absolute Gasteiger partial charge is 0.239 e. The topological polar surface area (TPSA) is 19.9 Å². The van der Waals surface area contributed by atoms with Crippen molar-refractivity contribution in [2.75, 3.05) is 0 Å². The second-order valence-corrected chi connectivity index (χ2v) is 4.70. The fourth-order valence-electron chi connectivity index (χ4n) is 0.727. The lowest BCUT2D eigenvalue weighted by molar-refractivity contribution is 0.484. The molecule has 0 aromatic heterocycles. The monoisotopic (exact) mass is 259 g/mol. The van der Waals surface area contributed by atoms with Gasteiger partial charge in [-0.05, 0) is 11.3 Å². The van der Waals surface area contributed by atoms with Crippen LogP contribution in [0.5, 0.6) is 0 Å². The van der Waals surface area contributed by atoms with E-state index in [9.17, 15) is 4.80 Å². The summed E-state index contributed by atoms with van der Waals surface area (Å²) in [6.45, 7) is 0. The molecule has 1 nitrogen and oxygen atoms in total. The van der Waals surface area contributed by atoms with Gasteiger partial charge in [-0.1, -0.05) is 46.4 Å². The Labute approximate surface area is 92.1 Å². The van der Waals surface area contributed by atoms with E-state index in [1.165, 1.54) is 6.07 Å². The Morgan fingerprint density at radius 3 is 2.08 bits per heavy atom. The molecule has 0 saturated carbocycles. The number of halogens is 4. The summed E-state index contributed by atoms with van der Waals surface area (Å²) in [5.41, 5.74) is 0. The molecule has 65 valence electrons. The molecule has 1 aromatic carbocycles. The van der Waals surface area contributed by atoms with Gasteiger partial charge in [-0.2, -0.15) is 0 Å². The molecule has 6 heteroatoms. The third-order valence-electron chi connectivity index (χ3n) is 1.33. The van der Waals surface area contributed by atoms with Gasteiger partial charge in [0.25, 0.3) is 0 Å². The number of hydrogen-bond acceptors (Lipinski definition) is 0. The third-order valence-corrected chi connectivity index (χ3v) is 4.22. The molecular weight excluding hydrogens is 258 g/mol. The normalized spacial score (nSPS) is 11.4. The van der Waals surface area contributed by atoms with Gasteiger partial charge in [-0.3, -0.25) is 0 Å². The van der Waals surface area contributed by atoms with Crippen LogP contribution >= 0.6 is 46.4 Å². The lowest BCUT2D eigenvalue weighted by Gasteiger charge is -2.04. The van der Waals surface area contributed by atoms with Gasteiger partial charge in [0.2, 0.25) is 9.76 Å². The van der Waals surface area contributed by atoms with Crippen LogP contribution in [0.25, 0.3) is 0 Å². The highest BCUT2D eigenvalue weighted by atomic mass is 35.5. The summed E-state index contributed by atoms with van der Waals surface area (Å²) in [5.74, 6) is 0. The van der Waals surface area contributed by atoms with E-state index >= 15 is 0 Å². The first-order valence-electron chi connectivity index (χ1n) is 2.98. The van der Waals surface area contributed by atoms with Crippen LogP contribution < -0.4 is 5.19 Å². The van der Waals surface area contributed by atoms with Gasteiger partial charge in [0.15, 0.2) is 0 Å². The Kier molecular flexibility index (Phi) is 3.70. The molecule has 0 spiro atoms. The van der Waals surface area contributed by atoms with E-state index in [1.54, 1.807) is 0 Å². The van der Waals surface area contributed by atoms with Gasteiger partial charge in [-0.15, -0.1) is 0 Å². The van der Waals surface area contributed by atoms with E-state index in [0.29, 0.717) is 5.19 Å². The Bertz CT molecular complexity index is 315. The van der Waals surface area contributed by atoms with E-state index in [2.05, 4.69) is 0 Å². The minimum atomic E-state index is -1.61. The highest BCUT2D eigenvalue weighted by Crippen LogP contribution is 2.33. The fourth-order valence-corrected chi connectivity index (χ4v) is 2.57. The number of hydrogen-bond donors (Lipinski definition) is 0. The zero-order valence-corrected chi connectivity index (χ0v) is 10.1. The van der Waals surface area contributed by atoms with Crippen LogP contribution in [0, 0.1) is 0 Å². The maximum atomic E-state index is 10.7. The molecule has 12 heavy (non-hydrogen) atoms. The molecule has 0 heterocycles. The molecule has 0 amide bonds. The molecule has 0 saturated heterocycles. The van der Waals surface area contributed by atoms with Crippen molar-refractivity contribution in [1.82, 2.24) is 0 Å². The molecule has 0 atom stereocenters. The average molecular weight is 261 g/mol. The van der Waals surface area contributed by atoms with Crippen molar-refractivity contribution in [2.24, 2.45) is 0 Å². The second-order valence-electron chi connectivity index (χ2n) is 2.10. The minimum Gasteiger partial charge on any atom is -0.300 e. The van der Waals surface area contributed by atoms with E-state index in [1.807, 2.05) is 0 Å². The summed E-state index contributed by atoms with van der Waals surface area (Å²) in [6.07, 6.45) is 0. The van der Waals surface area contributed by atoms with Gasteiger partial charge in [-0.25, -0.2) is 0 Å². The third kappa shape index (κ3) is 1.90. The van der Waals surface area contributed by atoms with Crippen LogP contribution in [0.15, 0.2) is 6.07 Å². The van der Waals surface area contributed by atoms with Gasteiger partial charge < -0.3 is 4.80 Å². The Morgan fingerprint density at radius 1 is 1.00 bits per heavy atom. The first-order valence-corrected chi connectivity index (χ1v) is 5.77. The Morgan fingerprint density at radius 2 is 1.58 bits per heavy atom. The number of benzene rings is 1. The summed E-state index contributed by atoms with van der Waals surface area (Å²) < 4.78 is 0. The van der Waals surface area contributed by atoms with Crippen LogP contribution in [0.3, 0.4) is 0 Å². The SMILES string of the molecule is [O][SiH2]c1cc(Cl)c(Cl)c(Cl)c1Cl. The maximum Gasteiger partial charge on any atom is 0.239 e. The van der Waals surface area contributed by atoms with Gasteiger partial charge >= 0.3 is 0 Å². The predicted octanol–water partition coefficient (Wildman–Crippen LogP) is 2.44. The van der Waals surface area contributed by atoms with E-state index in [4.69, 9.17) is 46.4 Å². The predicted molar refractivity (Wildman–Crippen MR) is 55.3 cm³/mol. The van der Waals surface area contributed by atoms with E-state index in [-0.39, 0.29) is 20.1 Å². The molecule has 0 bridgehead atoms. The Hall–Kier alpha value is 0.557. The fraction of sp³-hybridized carbons (Fsp3) is 0. The van der Waals surface area contributed by atoms with Crippen LogP contribution in [0.1, 0.15) is 0 Å². The van der Waals surface area contributed by atoms with Crippen molar-refractivity contribution < 1.29 is 4.80 Å². The second kappa shape index (κ2) is 4.18. The molecule has 0 aliphatic rings. The summed E-state index contributed by atoms with van der Waals surface area (Å²) >= 11 is 22.8. The zero-order valence-electron chi connectivity index (χ0n) is 5.70. The largest absolute Gasteiger partial charge is 0.300 e. The molecule has 1 radical (unpaired) electrons. The van der Waals surface area contributed by atoms with Crippen molar-refractivity contribution in [1.29, 1.82) is 0 Å². The summed E-state index contributed by atoms with van der Waals surface area (Å²) in [6, 6.07) is 1.48. The Balaban J connectivity index is 3.39. The van der Waals surface area contributed by atoms with Crippen LogP contribution in [-0.4, -0.2) is 9.76 Å². The van der Waals surface area contributed by atoms with E-state index in [0.717, 1.165) is 0 Å². The van der Waals surface area contributed by atoms with Crippen molar-refractivity contribution in [3.05, 3.63) is 26.2 Å². The standard InChI is InChI=1S/C6H3Cl4OSi/c7-2-1-3(12-11)5(9)6(10)4(2)8/h1H,12H2. The maximum absolute atomic E-state index is 10.7. The zero-order chi connectivity index (χ0) is 9.30. The molecule has 0 N–H and O–H groups in total. The quantitative estimate of drug-likeness (QED) is 0.420. The first-order chi connectivity index (χ1) is 5.57. The van der Waals surface area contributed by atoms with E-state index < -0.39 is 9.76 Å². The number of rotatable bonds is 1. The lowest BCUT2D eigenvalue weighted by atomic mass is 10.3. The lowest BCUT2D eigenvalue weighted by Crippen LogP contribution is -2.14. The van der Waals surface area contributed by atoms with Gasteiger partial charge in [0, 0.05) is 0 Å². The van der Waals surface area contributed by atoms with Crippen LogP contribution in [-0.2, 0) is 4.80 Å². The van der Waals surface area contributed by atoms with Crippen molar-refractivity contribution in [2.45, 2.75) is 0 Å². The van der Waals surface area contributed by atoms with Gasteiger partial charge in [0.1, 0.15) is 0 Å². The summed E-state index contributed by atoms with van der Waals surface area (Å²) in [7, 11) is -1.61.